The van der Waals surface area contributed by atoms with Gasteiger partial charge in [-0.3, -0.25) is 9.59 Å². The summed E-state index contributed by atoms with van der Waals surface area (Å²) in [5.74, 6) is 5.33. The summed E-state index contributed by atoms with van der Waals surface area (Å²) in [4.78, 5) is 23.7. The molecule has 0 aliphatic carbocycles. The normalized spacial score (nSPS) is 17.4. The lowest BCUT2D eigenvalue weighted by Crippen LogP contribution is -2.50. The largest absolute Gasteiger partial charge is 0.395 e. The van der Waals surface area contributed by atoms with Crippen molar-refractivity contribution in [2.45, 2.75) is 25.3 Å². The van der Waals surface area contributed by atoms with Crippen LogP contribution in [0.5, 0.6) is 0 Å². The Kier molecular flexibility index (Phi) is 5.35. The quantitative estimate of drug-likeness (QED) is 0.705. The molecule has 0 bridgehead atoms. The predicted octanol–water partition coefficient (Wildman–Crippen LogP) is 0.429. The van der Waals surface area contributed by atoms with Gasteiger partial charge in [-0.1, -0.05) is 11.8 Å². The average molecular weight is 286 g/mol. The van der Waals surface area contributed by atoms with Crippen LogP contribution in [0.4, 0.5) is 0 Å². The van der Waals surface area contributed by atoms with Crippen molar-refractivity contribution in [2.24, 2.45) is 0 Å². The van der Waals surface area contributed by atoms with Gasteiger partial charge in [-0.2, -0.15) is 0 Å². The zero-order valence-corrected chi connectivity index (χ0v) is 11.7. The first-order valence-corrected chi connectivity index (χ1v) is 6.99. The van der Waals surface area contributed by atoms with E-state index in [2.05, 4.69) is 22.5 Å². The van der Waals surface area contributed by atoms with E-state index in [0.29, 0.717) is 24.9 Å². The molecule has 2 amide bonds. The molecule has 0 aromatic heterocycles. The molecule has 0 saturated carbocycles. The van der Waals surface area contributed by atoms with Crippen LogP contribution in [0.25, 0.3) is 0 Å². The smallest absolute Gasteiger partial charge is 0.251 e. The van der Waals surface area contributed by atoms with Gasteiger partial charge in [-0.05, 0) is 37.1 Å². The molecule has 1 aliphatic rings. The number of piperidine rings is 1. The van der Waals surface area contributed by atoms with E-state index in [-0.39, 0.29) is 18.4 Å². The minimum Gasteiger partial charge on any atom is -0.395 e. The number of nitrogens with one attached hydrogen (secondary N) is 2. The molecule has 110 valence electrons. The van der Waals surface area contributed by atoms with E-state index in [1.165, 1.54) is 0 Å². The van der Waals surface area contributed by atoms with Gasteiger partial charge in [0.15, 0.2) is 0 Å². The highest BCUT2D eigenvalue weighted by Gasteiger charge is 2.23. The molecule has 1 aromatic carbocycles. The van der Waals surface area contributed by atoms with Gasteiger partial charge in [0.05, 0.1) is 6.61 Å². The Morgan fingerprint density at radius 3 is 2.81 bits per heavy atom. The molecule has 21 heavy (non-hydrogen) atoms. The first-order valence-electron chi connectivity index (χ1n) is 6.99. The number of hydrogen-bond acceptors (Lipinski definition) is 3. The third kappa shape index (κ3) is 4.33. The fraction of sp³-hybridized carbons (Fsp3) is 0.375. The van der Waals surface area contributed by atoms with E-state index in [4.69, 9.17) is 5.11 Å². The Morgan fingerprint density at radius 2 is 2.14 bits per heavy atom. The molecule has 5 nitrogen and oxygen atoms in total. The second-order valence-electron chi connectivity index (χ2n) is 4.81. The van der Waals surface area contributed by atoms with Crippen LogP contribution in [0.1, 0.15) is 35.2 Å². The highest BCUT2D eigenvalue weighted by Crippen LogP contribution is 2.07. The van der Waals surface area contributed by atoms with Gasteiger partial charge in [0.25, 0.3) is 5.91 Å². The maximum atomic E-state index is 12.1. The molecule has 2 rings (SSSR count). The highest BCUT2D eigenvalue weighted by molar-refractivity contribution is 5.97. The van der Waals surface area contributed by atoms with E-state index in [1.807, 2.05) is 0 Å². The molecule has 1 aliphatic heterocycles. The van der Waals surface area contributed by atoms with E-state index < -0.39 is 6.04 Å². The Bertz CT molecular complexity index is 569. The summed E-state index contributed by atoms with van der Waals surface area (Å²) in [5.41, 5.74) is 1.29. The SMILES string of the molecule is O=C(NC1CCCNC1=O)c1ccc(C#CCCO)cc1. The molecular formula is C16H18N2O3. The number of benzene rings is 1. The predicted molar refractivity (Wildman–Crippen MR) is 78.5 cm³/mol. The van der Waals surface area contributed by atoms with Crippen molar-refractivity contribution in [2.75, 3.05) is 13.2 Å². The first-order chi connectivity index (χ1) is 10.2. The van der Waals surface area contributed by atoms with Crippen LogP contribution in [0.3, 0.4) is 0 Å². The number of amides is 2. The van der Waals surface area contributed by atoms with E-state index in [1.54, 1.807) is 24.3 Å². The van der Waals surface area contributed by atoms with Crippen LogP contribution >= 0.6 is 0 Å². The molecule has 3 N–H and O–H groups in total. The number of aliphatic hydroxyl groups excluding tert-OH is 1. The lowest BCUT2D eigenvalue weighted by atomic mass is 10.1. The number of hydrogen-bond donors (Lipinski definition) is 3. The fourth-order valence-electron chi connectivity index (χ4n) is 2.08. The van der Waals surface area contributed by atoms with Gasteiger partial charge in [0.2, 0.25) is 5.91 Å². The van der Waals surface area contributed by atoms with Crippen LogP contribution in [0.2, 0.25) is 0 Å². The summed E-state index contributed by atoms with van der Waals surface area (Å²) < 4.78 is 0. The summed E-state index contributed by atoms with van der Waals surface area (Å²) in [5, 5.41) is 14.1. The van der Waals surface area contributed by atoms with Gasteiger partial charge in [0.1, 0.15) is 6.04 Å². The summed E-state index contributed by atoms with van der Waals surface area (Å²) in [6.07, 6.45) is 1.97. The molecule has 1 aromatic rings. The number of carbonyl (C=O) groups is 2. The topological polar surface area (TPSA) is 78.4 Å². The highest BCUT2D eigenvalue weighted by atomic mass is 16.2. The van der Waals surface area contributed by atoms with Crippen LogP contribution in [-0.2, 0) is 4.79 Å². The van der Waals surface area contributed by atoms with Gasteiger partial charge >= 0.3 is 0 Å². The monoisotopic (exact) mass is 286 g/mol. The third-order valence-electron chi connectivity index (χ3n) is 3.21. The van der Waals surface area contributed by atoms with Crippen LogP contribution in [-0.4, -0.2) is 36.1 Å². The minimum atomic E-state index is -0.449. The van der Waals surface area contributed by atoms with E-state index in [0.717, 1.165) is 12.0 Å². The van der Waals surface area contributed by atoms with Crippen molar-refractivity contribution in [3.63, 3.8) is 0 Å². The van der Waals surface area contributed by atoms with Crippen molar-refractivity contribution >= 4 is 11.8 Å². The summed E-state index contributed by atoms with van der Waals surface area (Å²) in [6.45, 7) is 0.712. The van der Waals surface area contributed by atoms with Gasteiger partial charge in [0, 0.05) is 24.1 Å². The third-order valence-corrected chi connectivity index (χ3v) is 3.21. The molecule has 1 fully saturated rings. The van der Waals surface area contributed by atoms with Gasteiger partial charge < -0.3 is 15.7 Å². The lowest BCUT2D eigenvalue weighted by molar-refractivity contribution is -0.124. The maximum Gasteiger partial charge on any atom is 0.251 e. The molecule has 5 heteroatoms. The molecule has 1 heterocycles. The molecule has 0 spiro atoms. The van der Waals surface area contributed by atoms with E-state index >= 15 is 0 Å². The first kappa shape index (κ1) is 15.1. The van der Waals surface area contributed by atoms with Gasteiger partial charge in [-0.15, -0.1) is 0 Å². The minimum absolute atomic E-state index is 0.0386. The number of aliphatic hydroxyl groups is 1. The molecule has 1 unspecified atom stereocenters. The standard InChI is InChI=1S/C16H18N2O3/c19-11-2-1-4-12-6-8-13(9-7-12)15(20)18-14-5-3-10-17-16(14)21/h6-9,14,19H,2-3,5,10-11H2,(H,17,21)(H,18,20). The van der Waals surface area contributed by atoms with E-state index in [9.17, 15) is 9.59 Å². The lowest BCUT2D eigenvalue weighted by Gasteiger charge is -2.22. The van der Waals surface area contributed by atoms with Crippen LogP contribution < -0.4 is 10.6 Å². The summed E-state index contributed by atoms with van der Waals surface area (Å²) >= 11 is 0. The van der Waals surface area contributed by atoms with Gasteiger partial charge in [-0.25, -0.2) is 0 Å². The molecule has 1 saturated heterocycles. The molecule has 1 atom stereocenters. The van der Waals surface area contributed by atoms with Crippen molar-refractivity contribution in [1.29, 1.82) is 0 Å². The second kappa shape index (κ2) is 7.46. The van der Waals surface area contributed by atoms with Crippen molar-refractivity contribution in [3.05, 3.63) is 35.4 Å². The van der Waals surface area contributed by atoms with Crippen molar-refractivity contribution < 1.29 is 14.7 Å². The molecular weight excluding hydrogens is 268 g/mol. The second-order valence-corrected chi connectivity index (χ2v) is 4.81. The van der Waals surface area contributed by atoms with Crippen LogP contribution in [0, 0.1) is 11.8 Å². The maximum absolute atomic E-state index is 12.1. The van der Waals surface area contributed by atoms with Crippen molar-refractivity contribution in [1.82, 2.24) is 10.6 Å². The van der Waals surface area contributed by atoms with Crippen molar-refractivity contribution in [3.8, 4) is 11.8 Å². The number of rotatable bonds is 3. The Labute approximate surface area is 123 Å². The molecule has 0 radical (unpaired) electrons. The fourth-order valence-corrected chi connectivity index (χ4v) is 2.08. The summed E-state index contributed by atoms with van der Waals surface area (Å²) in [7, 11) is 0. The zero-order valence-electron chi connectivity index (χ0n) is 11.7. The Hall–Kier alpha value is -2.32. The van der Waals surface area contributed by atoms with Crippen LogP contribution in [0.15, 0.2) is 24.3 Å². The average Bonchev–Trinajstić information content (AvgIpc) is 2.50. The zero-order chi connectivity index (χ0) is 15.1. The summed E-state index contributed by atoms with van der Waals surface area (Å²) in [6, 6.07) is 6.41. The Balaban J connectivity index is 1.96. The number of carbonyl (C=O) groups excluding carboxylic acids is 2. The Morgan fingerprint density at radius 1 is 1.38 bits per heavy atom.